The summed E-state index contributed by atoms with van der Waals surface area (Å²) in [4.78, 5) is 12.3. The van der Waals surface area contributed by atoms with Gasteiger partial charge in [-0.1, -0.05) is 46.8 Å². The number of nitrogens with one attached hydrogen (secondary N) is 2. The van der Waals surface area contributed by atoms with E-state index in [0.29, 0.717) is 0 Å². The van der Waals surface area contributed by atoms with Crippen molar-refractivity contribution < 1.29 is 4.79 Å². The highest BCUT2D eigenvalue weighted by atomic mass is 16.2. The van der Waals surface area contributed by atoms with Crippen LogP contribution in [0.15, 0.2) is 24.3 Å². The molecule has 0 aliphatic heterocycles. The molecule has 110 valence electrons. The van der Waals surface area contributed by atoms with Crippen molar-refractivity contribution in [2.75, 3.05) is 11.9 Å². The molecule has 0 aromatic heterocycles. The minimum absolute atomic E-state index is 0.0854. The minimum Gasteiger partial charge on any atom is -0.326 e. The number of anilines is 1. The highest BCUT2D eigenvalue weighted by molar-refractivity contribution is 5.96. The molecule has 20 heavy (non-hydrogen) atoms. The van der Waals surface area contributed by atoms with E-state index in [1.807, 2.05) is 12.1 Å². The van der Waals surface area contributed by atoms with Crippen LogP contribution < -0.4 is 10.6 Å². The van der Waals surface area contributed by atoms with Crippen LogP contribution in [0.2, 0.25) is 0 Å². The van der Waals surface area contributed by atoms with E-state index in [1.165, 1.54) is 5.56 Å². The first kappa shape index (κ1) is 15.0. The summed E-state index contributed by atoms with van der Waals surface area (Å²) in [6, 6.07) is 8.07. The van der Waals surface area contributed by atoms with Crippen molar-refractivity contribution in [1.82, 2.24) is 5.32 Å². The van der Waals surface area contributed by atoms with Crippen molar-refractivity contribution in [2.45, 2.75) is 41.2 Å². The lowest BCUT2D eigenvalue weighted by Gasteiger charge is -2.08. The topological polar surface area (TPSA) is 41.1 Å². The third-order valence-corrected chi connectivity index (χ3v) is 5.08. The normalized spacial score (nSPS) is 19.6. The maximum absolute atomic E-state index is 12.3. The first-order valence-electron chi connectivity index (χ1n) is 7.41. The van der Waals surface area contributed by atoms with Gasteiger partial charge < -0.3 is 10.6 Å². The molecule has 1 saturated carbocycles. The summed E-state index contributed by atoms with van der Waals surface area (Å²) in [7, 11) is 0. The summed E-state index contributed by atoms with van der Waals surface area (Å²) < 4.78 is 0. The largest absolute Gasteiger partial charge is 0.326 e. The molecule has 1 amide bonds. The average molecular weight is 274 g/mol. The first-order chi connectivity index (χ1) is 9.30. The van der Waals surface area contributed by atoms with E-state index in [1.54, 1.807) is 0 Å². The number of amides is 1. The molecule has 0 unspecified atom stereocenters. The van der Waals surface area contributed by atoms with Gasteiger partial charge in [-0.25, -0.2) is 0 Å². The molecule has 1 aromatic carbocycles. The van der Waals surface area contributed by atoms with Crippen LogP contribution in [-0.2, 0) is 11.3 Å². The molecule has 3 nitrogen and oxygen atoms in total. The highest BCUT2D eigenvalue weighted by Gasteiger charge is 2.68. The lowest BCUT2D eigenvalue weighted by atomic mass is 10.0. The van der Waals surface area contributed by atoms with Gasteiger partial charge in [-0.2, -0.15) is 0 Å². The molecule has 1 aromatic rings. The standard InChI is InChI=1S/C17H26N2O/c1-6-18-11-12-7-9-13(10-8-12)19-15(20)14-16(2,3)17(14,4)5/h7-10,14,18H,6,11H2,1-5H3,(H,19,20). The molecular weight excluding hydrogens is 248 g/mol. The minimum atomic E-state index is 0.0854. The summed E-state index contributed by atoms with van der Waals surface area (Å²) in [6.07, 6.45) is 0. The van der Waals surface area contributed by atoms with Crippen molar-refractivity contribution in [1.29, 1.82) is 0 Å². The molecule has 0 saturated heterocycles. The van der Waals surface area contributed by atoms with E-state index < -0.39 is 0 Å². The predicted molar refractivity (Wildman–Crippen MR) is 83.5 cm³/mol. The maximum Gasteiger partial charge on any atom is 0.228 e. The second-order valence-electron chi connectivity index (χ2n) is 6.84. The number of carbonyl (C=O) groups is 1. The highest BCUT2D eigenvalue weighted by Crippen LogP contribution is 2.68. The number of carbonyl (C=O) groups excluding carboxylic acids is 1. The van der Waals surface area contributed by atoms with E-state index >= 15 is 0 Å². The Hall–Kier alpha value is -1.35. The summed E-state index contributed by atoms with van der Waals surface area (Å²) in [5.41, 5.74) is 2.29. The Labute approximate surface area is 122 Å². The molecule has 1 fully saturated rings. The Bertz CT molecular complexity index is 474. The van der Waals surface area contributed by atoms with Crippen LogP contribution in [0, 0.1) is 16.7 Å². The number of benzene rings is 1. The van der Waals surface area contributed by atoms with Crippen LogP contribution in [0.5, 0.6) is 0 Å². The van der Waals surface area contributed by atoms with Crippen LogP contribution in [0.1, 0.15) is 40.2 Å². The molecule has 0 radical (unpaired) electrons. The lowest BCUT2D eigenvalue weighted by Crippen LogP contribution is -2.17. The summed E-state index contributed by atoms with van der Waals surface area (Å²) in [5, 5.41) is 6.33. The number of rotatable bonds is 5. The molecule has 0 atom stereocenters. The zero-order valence-corrected chi connectivity index (χ0v) is 13.2. The molecule has 1 aliphatic carbocycles. The molecule has 0 heterocycles. The fourth-order valence-electron chi connectivity index (χ4n) is 3.04. The van der Waals surface area contributed by atoms with E-state index in [9.17, 15) is 4.79 Å². The van der Waals surface area contributed by atoms with Gasteiger partial charge in [0, 0.05) is 18.2 Å². The molecule has 0 spiro atoms. The lowest BCUT2D eigenvalue weighted by molar-refractivity contribution is -0.118. The third kappa shape index (κ3) is 2.59. The molecular formula is C17H26N2O. The number of hydrogen-bond acceptors (Lipinski definition) is 2. The van der Waals surface area contributed by atoms with Gasteiger partial charge in [-0.15, -0.1) is 0 Å². The summed E-state index contributed by atoms with van der Waals surface area (Å²) >= 11 is 0. The van der Waals surface area contributed by atoms with Gasteiger partial charge in [-0.3, -0.25) is 4.79 Å². The van der Waals surface area contributed by atoms with Gasteiger partial charge in [0.05, 0.1) is 0 Å². The van der Waals surface area contributed by atoms with Crippen molar-refractivity contribution in [3.05, 3.63) is 29.8 Å². The monoisotopic (exact) mass is 274 g/mol. The maximum atomic E-state index is 12.3. The SMILES string of the molecule is CCNCc1ccc(NC(=O)C2C(C)(C)C2(C)C)cc1. The van der Waals surface area contributed by atoms with Gasteiger partial charge in [0.1, 0.15) is 0 Å². The van der Waals surface area contributed by atoms with Crippen LogP contribution in [0.4, 0.5) is 5.69 Å². The molecule has 2 N–H and O–H groups in total. The second kappa shape index (κ2) is 5.21. The van der Waals surface area contributed by atoms with Gasteiger partial charge in [-0.05, 0) is 35.1 Å². The Morgan fingerprint density at radius 3 is 2.10 bits per heavy atom. The summed E-state index contributed by atoms with van der Waals surface area (Å²) in [6.45, 7) is 12.6. The Balaban J connectivity index is 1.96. The van der Waals surface area contributed by atoms with Crippen molar-refractivity contribution >= 4 is 11.6 Å². The van der Waals surface area contributed by atoms with Crippen molar-refractivity contribution in [2.24, 2.45) is 16.7 Å². The Morgan fingerprint density at radius 1 is 1.10 bits per heavy atom. The first-order valence-corrected chi connectivity index (χ1v) is 7.41. The fraction of sp³-hybridized carbons (Fsp3) is 0.588. The van der Waals surface area contributed by atoms with E-state index in [2.05, 4.69) is 57.4 Å². The van der Waals surface area contributed by atoms with Gasteiger partial charge in [0.2, 0.25) is 5.91 Å². The molecule has 0 bridgehead atoms. The van der Waals surface area contributed by atoms with Crippen LogP contribution in [-0.4, -0.2) is 12.5 Å². The van der Waals surface area contributed by atoms with Gasteiger partial charge in [0.15, 0.2) is 0 Å². The Kier molecular flexibility index (Phi) is 3.92. The smallest absolute Gasteiger partial charge is 0.228 e. The van der Waals surface area contributed by atoms with E-state index in [-0.39, 0.29) is 22.7 Å². The van der Waals surface area contributed by atoms with Crippen molar-refractivity contribution in [3.63, 3.8) is 0 Å². The van der Waals surface area contributed by atoms with Gasteiger partial charge >= 0.3 is 0 Å². The second-order valence-corrected chi connectivity index (χ2v) is 6.84. The zero-order valence-electron chi connectivity index (χ0n) is 13.2. The fourth-order valence-corrected chi connectivity index (χ4v) is 3.04. The Morgan fingerprint density at radius 2 is 1.65 bits per heavy atom. The summed E-state index contributed by atoms with van der Waals surface area (Å²) in [5.74, 6) is 0.232. The van der Waals surface area contributed by atoms with Gasteiger partial charge in [0.25, 0.3) is 0 Å². The predicted octanol–water partition coefficient (Wildman–Crippen LogP) is 3.42. The van der Waals surface area contributed by atoms with E-state index in [0.717, 1.165) is 18.8 Å². The van der Waals surface area contributed by atoms with Crippen LogP contribution >= 0.6 is 0 Å². The van der Waals surface area contributed by atoms with Crippen LogP contribution in [0.25, 0.3) is 0 Å². The average Bonchev–Trinajstić information content (AvgIpc) is 2.79. The molecule has 2 rings (SSSR count). The third-order valence-electron chi connectivity index (χ3n) is 5.08. The van der Waals surface area contributed by atoms with E-state index in [4.69, 9.17) is 0 Å². The molecule has 1 aliphatic rings. The van der Waals surface area contributed by atoms with Crippen molar-refractivity contribution in [3.8, 4) is 0 Å². The zero-order chi connectivity index (χ0) is 15.0. The number of hydrogen-bond donors (Lipinski definition) is 2. The quantitative estimate of drug-likeness (QED) is 0.864. The van der Waals surface area contributed by atoms with Crippen LogP contribution in [0.3, 0.4) is 0 Å². The molecule has 3 heteroatoms.